The Hall–Kier alpha value is -1.49. The molecule has 0 radical (unpaired) electrons. The van der Waals surface area contributed by atoms with E-state index < -0.39 is 11.6 Å². The van der Waals surface area contributed by atoms with Crippen molar-refractivity contribution in [3.8, 4) is 0 Å². The average molecular weight is 398 g/mol. The first-order valence-corrected chi connectivity index (χ1v) is 9.17. The summed E-state index contributed by atoms with van der Waals surface area (Å²) in [6.07, 6.45) is 0. The summed E-state index contributed by atoms with van der Waals surface area (Å²) >= 11 is 0. The Morgan fingerprint density at radius 1 is 0.926 bits per heavy atom. The van der Waals surface area contributed by atoms with Crippen molar-refractivity contribution in [2.24, 2.45) is 5.92 Å². The molecule has 0 fully saturated rings. The van der Waals surface area contributed by atoms with E-state index in [4.69, 9.17) is 4.74 Å². The molecule has 0 amide bonds. The van der Waals surface area contributed by atoms with Gasteiger partial charge in [0, 0.05) is 18.0 Å². The normalized spacial score (nSPS) is 12.1. The van der Waals surface area contributed by atoms with E-state index in [9.17, 15) is 8.78 Å². The second-order valence-electron chi connectivity index (χ2n) is 7.27. The van der Waals surface area contributed by atoms with Crippen LogP contribution in [0.15, 0.2) is 36.4 Å². The van der Waals surface area contributed by atoms with Crippen LogP contribution in [0.25, 0.3) is 0 Å². The van der Waals surface area contributed by atoms with Crippen molar-refractivity contribution in [2.45, 2.75) is 40.2 Å². The minimum atomic E-state index is -0.563. The van der Waals surface area contributed by atoms with Crippen molar-refractivity contribution in [3.63, 3.8) is 0 Å². The molecule has 0 spiro atoms. The number of aryl methyl sites for hydroxylation is 2. The number of halogens is 3. The Kier molecular flexibility index (Phi) is 9.92. The fraction of sp³-hybridized carbons (Fsp3) is 0.455. The first-order chi connectivity index (χ1) is 12.4. The van der Waals surface area contributed by atoms with Crippen LogP contribution in [0.5, 0.6) is 0 Å². The van der Waals surface area contributed by atoms with Gasteiger partial charge in [-0.05, 0) is 55.1 Å². The lowest BCUT2D eigenvalue weighted by Gasteiger charge is -2.23. The molecule has 2 aromatic carbocycles. The van der Waals surface area contributed by atoms with E-state index >= 15 is 0 Å². The average Bonchev–Trinajstić information content (AvgIpc) is 2.56. The summed E-state index contributed by atoms with van der Waals surface area (Å²) in [5, 5.41) is 3.48. The molecule has 0 aliphatic rings. The van der Waals surface area contributed by atoms with E-state index in [1.165, 1.54) is 34.9 Å². The fourth-order valence-electron chi connectivity index (χ4n) is 3.24. The Bertz CT molecular complexity index is 681. The third-order valence-electron chi connectivity index (χ3n) is 4.52. The highest BCUT2D eigenvalue weighted by Crippen LogP contribution is 2.24. The Morgan fingerprint density at radius 2 is 1.48 bits per heavy atom. The zero-order chi connectivity index (χ0) is 19.1. The number of ether oxygens (including phenoxy) is 1. The molecular formula is C22H30ClF2NO. The third kappa shape index (κ3) is 6.87. The molecule has 1 N–H and O–H groups in total. The summed E-state index contributed by atoms with van der Waals surface area (Å²) in [5.41, 5.74) is 3.66. The van der Waals surface area contributed by atoms with Crippen LogP contribution >= 0.6 is 12.4 Å². The molecule has 2 nitrogen and oxygen atoms in total. The van der Waals surface area contributed by atoms with Gasteiger partial charge in [0.25, 0.3) is 0 Å². The van der Waals surface area contributed by atoms with Gasteiger partial charge in [0.15, 0.2) is 0 Å². The number of hydrogen-bond donors (Lipinski definition) is 1. The van der Waals surface area contributed by atoms with Gasteiger partial charge in [-0.25, -0.2) is 8.78 Å². The van der Waals surface area contributed by atoms with Gasteiger partial charge < -0.3 is 10.1 Å². The SMILES string of the molecule is Cc1cccc(C)c1C(CNCC(C)C)COCc1c(F)cccc1F.Cl. The van der Waals surface area contributed by atoms with Crippen LogP contribution in [0.1, 0.15) is 42.0 Å². The minimum absolute atomic E-state index is 0. The lowest BCUT2D eigenvalue weighted by Crippen LogP contribution is -2.28. The Labute approximate surface area is 167 Å². The summed E-state index contributed by atoms with van der Waals surface area (Å²) < 4.78 is 33.3. The molecule has 1 unspecified atom stereocenters. The molecule has 5 heteroatoms. The first kappa shape index (κ1) is 23.5. The number of benzene rings is 2. The van der Waals surface area contributed by atoms with E-state index in [-0.39, 0.29) is 30.5 Å². The monoisotopic (exact) mass is 397 g/mol. The molecule has 0 aliphatic heterocycles. The lowest BCUT2D eigenvalue weighted by atomic mass is 9.91. The van der Waals surface area contributed by atoms with Gasteiger partial charge in [-0.15, -0.1) is 12.4 Å². The third-order valence-corrected chi connectivity index (χ3v) is 4.52. The molecule has 0 aromatic heterocycles. The van der Waals surface area contributed by atoms with Crippen LogP contribution in [0.3, 0.4) is 0 Å². The number of nitrogens with one attached hydrogen (secondary N) is 1. The molecule has 0 saturated carbocycles. The fourth-order valence-corrected chi connectivity index (χ4v) is 3.24. The van der Waals surface area contributed by atoms with Gasteiger partial charge >= 0.3 is 0 Å². The van der Waals surface area contributed by atoms with E-state index in [0.717, 1.165) is 13.1 Å². The van der Waals surface area contributed by atoms with Crippen LogP contribution in [0.4, 0.5) is 8.78 Å². The van der Waals surface area contributed by atoms with E-state index in [1.807, 2.05) is 6.07 Å². The van der Waals surface area contributed by atoms with E-state index in [2.05, 4.69) is 45.1 Å². The standard InChI is InChI=1S/C22H29F2NO.ClH/c1-15(2)11-25-12-18(22-16(3)7-5-8-17(22)4)13-26-14-19-20(23)9-6-10-21(19)24;/h5-10,15,18,25H,11-14H2,1-4H3;1H. The lowest BCUT2D eigenvalue weighted by molar-refractivity contribution is 0.101. The van der Waals surface area contributed by atoms with Crippen molar-refractivity contribution in [3.05, 3.63) is 70.3 Å². The molecular weight excluding hydrogens is 368 g/mol. The van der Waals surface area contributed by atoms with Crippen LogP contribution < -0.4 is 5.32 Å². The second-order valence-corrected chi connectivity index (χ2v) is 7.27. The highest BCUT2D eigenvalue weighted by Gasteiger charge is 2.17. The molecule has 27 heavy (non-hydrogen) atoms. The van der Waals surface area contributed by atoms with Crippen molar-refractivity contribution >= 4 is 12.4 Å². The summed E-state index contributed by atoms with van der Waals surface area (Å²) in [6, 6.07) is 10.1. The van der Waals surface area contributed by atoms with Gasteiger partial charge in [-0.1, -0.05) is 38.1 Å². The van der Waals surface area contributed by atoms with Crippen molar-refractivity contribution in [1.29, 1.82) is 0 Å². The first-order valence-electron chi connectivity index (χ1n) is 9.17. The topological polar surface area (TPSA) is 21.3 Å². The zero-order valence-electron chi connectivity index (χ0n) is 16.5. The van der Waals surface area contributed by atoms with Crippen LogP contribution in [-0.2, 0) is 11.3 Å². The molecule has 0 aliphatic carbocycles. The van der Waals surface area contributed by atoms with Crippen LogP contribution in [-0.4, -0.2) is 19.7 Å². The Morgan fingerprint density at radius 3 is 2.04 bits per heavy atom. The Balaban J connectivity index is 0.00000364. The molecule has 2 aromatic rings. The van der Waals surface area contributed by atoms with Crippen molar-refractivity contribution in [1.82, 2.24) is 5.32 Å². The summed E-state index contributed by atoms with van der Waals surface area (Å²) in [6.45, 7) is 10.5. The molecule has 0 saturated heterocycles. The van der Waals surface area contributed by atoms with Gasteiger partial charge in [0.2, 0.25) is 0 Å². The molecule has 0 bridgehead atoms. The van der Waals surface area contributed by atoms with Gasteiger partial charge in [0.05, 0.1) is 13.2 Å². The smallest absolute Gasteiger partial charge is 0.131 e. The predicted octanol–water partition coefficient (Wildman–Crippen LogP) is 5.55. The predicted molar refractivity (Wildman–Crippen MR) is 110 cm³/mol. The highest BCUT2D eigenvalue weighted by atomic mass is 35.5. The molecule has 1 atom stereocenters. The highest BCUT2D eigenvalue weighted by molar-refractivity contribution is 5.85. The molecule has 0 heterocycles. The zero-order valence-corrected chi connectivity index (χ0v) is 17.3. The summed E-state index contributed by atoms with van der Waals surface area (Å²) in [7, 11) is 0. The minimum Gasteiger partial charge on any atom is -0.376 e. The van der Waals surface area contributed by atoms with E-state index in [0.29, 0.717) is 12.5 Å². The van der Waals surface area contributed by atoms with Gasteiger partial charge in [-0.3, -0.25) is 0 Å². The molecule has 2 rings (SSSR count). The van der Waals surface area contributed by atoms with Crippen molar-refractivity contribution in [2.75, 3.05) is 19.7 Å². The van der Waals surface area contributed by atoms with E-state index in [1.54, 1.807) is 0 Å². The largest absolute Gasteiger partial charge is 0.376 e. The maximum absolute atomic E-state index is 13.8. The maximum atomic E-state index is 13.8. The second kappa shape index (κ2) is 11.4. The van der Waals surface area contributed by atoms with Crippen LogP contribution in [0.2, 0.25) is 0 Å². The number of rotatable bonds is 9. The van der Waals surface area contributed by atoms with Gasteiger partial charge in [0.1, 0.15) is 11.6 Å². The number of hydrogen-bond acceptors (Lipinski definition) is 2. The quantitative estimate of drug-likeness (QED) is 0.599. The van der Waals surface area contributed by atoms with Crippen molar-refractivity contribution < 1.29 is 13.5 Å². The molecule has 150 valence electrons. The van der Waals surface area contributed by atoms with Gasteiger partial charge in [-0.2, -0.15) is 0 Å². The summed E-state index contributed by atoms with van der Waals surface area (Å²) in [4.78, 5) is 0. The summed E-state index contributed by atoms with van der Waals surface area (Å²) in [5.74, 6) is -0.440. The maximum Gasteiger partial charge on any atom is 0.131 e. The van der Waals surface area contributed by atoms with Crippen LogP contribution in [0, 0.1) is 31.4 Å².